The fourth-order valence-electron chi connectivity index (χ4n) is 2.71. The van der Waals surface area contributed by atoms with Gasteiger partial charge in [-0.15, -0.1) is 0 Å². The van der Waals surface area contributed by atoms with Crippen molar-refractivity contribution >= 4 is 0 Å². The number of nitrogens with zero attached hydrogens (tertiary/aromatic N) is 1. The third kappa shape index (κ3) is 5.51. The van der Waals surface area contributed by atoms with Crippen molar-refractivity contribution in [3.05, 3.63) is 29.8 Å². The topological polar surface area (TPSA) is 24.5 Å². The van der Waals surface area contributed by atoms with Crippen molar-refractivity contribution in [2.24, 2.45) is 0 Å². The van der Waals surface area contributed by atoms with Crippen molar-refractivity contribution < 1.29 is 4.74 Å². The van der Waals surface area contributed by atoms with E-state index in [9.17, 15) is 0 Å². The Balaban J connectivity index is 1.56. The summed E-state index contributed by atoms with van der Waals surface area (Å²) >= 11 is 0. The maximum Gasteiger partial charge on any atom is 0.119 e. The van der Waals surface area contributed by atoms with Gasteiger partial charge in [0, 0.05) is 6.54 Å². The lowest BCUT2D eigenvalue weighted by Gasteiger charge is -2.26. The average Bonchev–Trinajstić information content (AvgIpc) is 2.50. The lowest BCUT2D eigenvalue weighted by Crippen LogP contribution is -2.32. The maximum absolute atomic E-state index is 5.45. The van der Waals surface area contributed by atoms with E-state index < -0.39 is 0 Å². The van der Waals surface area contributed by atoms with Crippen molar-refractivity contribution in [3.8, 4) is 5.75 Å². The minimum absolute atomic E-state index is 0.730. The van der Waals surface area contributed by atoms with Crippen molar-refractivity contribution in [3.63, 3.8) is 0 Å². The minimum Gasteiger partial charge on any atom is -0.494 e. The Bertz CT molecular complexity index is 358. The molecule has 0 spiro atoms. The number of benzene rings is 1. The van der Waals surface area contributed by atoms with Gasteiger partial charge in [-0.2, -0.15) is 0 Å². The zero-order valence-electron chi connectivity index (χ0n) is 12.7. The number of ether oxygens (including phenoxy) is 1. The summed E-state index contributed by atoms with van der Waals surface area (Å²) in [6, 6.07) is 8.38. The van der Waals surface area contributed by atoms with Gasteiger partial charge < -0.3 is 15.0 Å². The Morgan fingerprint density at radius 2 is 1.85 bits per heavy atom. The second-order valence-corrected chi connectivity index (χ2v) is 5.51. The number of likely N-dealkylation sites (tertiary alicyclic amines) is 1. The molecule has 0 unspecified atom stereocenters. The number of hydrogen-bond donors (Lipinski definition) is 1. The highest BCUT2D eigenvalue weighted by Gasteiger charge is 2.08. The standard InChI is InChI=1S/C17H28N2O/c1-2-20-17-9-7-16(8-10-17)15-18-11-6-14-19-12-4-3-5-13-19/h7-10,18H,2-6,11-15H2,1H3. The molecule has 0 amide bonds. The first-order valence-corrected chi connectivity index (χ1v) is 8.03. The Morgan fingerprint density at radius 3 is 2.55 bits per heavy atom. The molecule has 1 aliphatic rings. The summed E-state index contributed by atoms with van der Waals surface area (Å²) in [5, 5.41) is 3.53. The van der Waals surface area contributed by atoms with Crippen LogP contribution in [0.2, 0.25) is 0 Å². The third-order valence-electron chi connectivity index (χ3n) is 3.84. The van der Waals surface area contributed by atoms with Gasteiger partial charge in [-0.25, -0.2) is 0 Å². The second kappa shape index (κ2) is 8.98. The summed E-state index contributed by atoms with van der Waals surface area (Å²) < 4.78 is 5.45. The van der Waals surface area contributed by atoms with Crippen LogP contribution in [-0.2, 0) is 6.54 Å². The van der Waals surface area contributed by atoms with Crippen LogP contribution in [0.1, 0.15) is 38.2 Å². The molecule has 0 aromatic heterocycles. The van der Waals surface area contributed by atoms with Gasteiger partial charge >= 0.3 is 0 Å². The quantitative estimate of drug-likeness (QED) is 0.739. The molecule has 1 heterocycles. The molecule has 2 rings (SSSR count). The van der Waals surface area contributed by atoms with Gasteiger partial charge in [0.15, 0.2) is 0 Å². The van der Waals surface area contributed by atoms with Crippen LogP contribution < -0.4 is 10.1 Å². The predicted molar refractivity (Wildman–Crippen MR) is 84.2 cm³/mol. The normalized spacial score (nSPS) is 16.2. The van der Waals surface area contributed by atoms with Crippen molar-refractivity contribution in [2.75, 3.05) is 32.8 Å². The Morgan fingerprint density at radius 1 is 1.10 bits per heavy atom. The van der Waals surface area contributed by atoms with Crippen LogP contribution in [0.4, 0.5) is 0 Å². The lowest BCUT2D eigenvalue weighted by molar-refractivity contribution is 0.225. The Hall–Kier alpha value is -1.06. The molecule has 1 N–H and O–H groups in total. The summed E-state index contributed by atoms with van der Waals surface area (Å²) in [5.41, 5.74) is 1.33. The molecular formula is C17H28N2O. The van der Waals surface area contributed by atoms with Gasteiger partial charge in [0.1, 0.15) is 5.75 Å². The van der Waals surface area contributed by atoms with E-state index in [1.807, 2.05) is 19.1 Å². The Labute approximate surface area is 123 Å². The molecule has 1 aromatic carbocycles. The monoisotopic (exact) mass is 276 g/mol. The van der Waals surface area contributed by atoms with Crippen molar-refractivity contribution in [2.45, 2.75) is 39.2 Å². The van der Waals surface area contributed by atoms with E-state index in [1.165, 1.54) is 50.9 Å². The first-order valence-electron chi connectivity index (χ1n) is 8.03. The van der Waals surface area contributed by atoms with E-state index in [1.54, 1.807) is 0 Å². The van der Waals surface area contributed by atoms with E-state index in [0.29, 0.717) is 0 Å². The molecule has 1 aliphatic heterocycles. The van der Waals surface area contributed by atoms with Crippen molar-refractivity contribution in [1.29, 1.82) is 0 Å². The smallest absolute Gasteiger partial charge is 0.119 e. The van der Waals surface area contributed by atoms with Gasteiger partial charge in [0.25, 0.3) is 0 Å². The highest BCUT2D eigenvalue weighted by Crippen LogP contribution is 2.12. The van der Waals surface area contributed by atoms with Gasteiger partial charge in [-0.05, 0) is 70.1 Å². The molecule has 0 radical (unpaired) electrons. The summed E-state index contributed by atoms with van der Waals surface area (Å²) in [6.07, 6.45) is 5.45. The van der Waals surface area contributed by atoms with Crippen LogP contribution in [0.25, 0.3) is 0 Å². The molecule has 1 aromatic rings. The van der Waals surface area contributed by atoms with Gasteiger partial charge in [-0.3, -0.25) is 0 Å². The van der Waals surface area contributed by atoms with E-state index in [4.69, 9.17) is 4.74 Å². The highest BCUT2D eigenvalue weighted by molar-refractivity contribution is 5.27. The summed E-state index contributed by atoms with van der Waals surface area (Å²) in [4.78, 5) is 2.60. The van der Waals surface area contributed by atoms with Gasteiger partial charge in [-0.1, -0.05) is 18.6 Å². The molecule has 1 fully saturated rings. The first-order chi connectivity index (χ1) is 9.88. The number of hydrogen-bond acceptors (Lipinski definition) is 3. The second-order valence-electron chi connectivity index (χ2n) is 5.51. The van der Waals surface area contributed by atoms with E-state index in [-0.39, 0.29) is 0 Å². The molecule has 20 heavy (non-hydrogen) atoms. The van der Waals surface area contributed by atoms with Crippen LogP contribution >= 0.6 is 0 Å². The van der Waals surface area contributed by atoms with Crippen LogP contribution in [0, 0.1) is 0 Å². The van der Waals surface area contributed by atoms with Crippen molar-refractivity contribution in [1.82, 2.24) is 10.2 Å². The SMILES string of the molecule is CCOc1ccc(CNCCCN2CCCCC2)cc1. The zero-order valence-corrected chi connectivity index (χ0v) is 12.7. The van der Waals surface area contributed by atoms with Crippen LogP contribution in [0.3, 0.4) is 0 Å². The van der Waals surface area contributed by atoms with Crippen LogP contribution in [0.15, 0.2) is 24.3 Å². The van der Waals surface area contributed by atoms with E-state index in [0.717, 1.165) is 25.4 Å². The first kappa shape index (κ1) is 15.3. The van der Waals surface area contributed by atoms with Crippen LogP contribution in [-0.4, -0.2) is 37.7 Å². The highest BCUT2D eigenvalue weighted by atomic mass is 16.5. The number of rotatable bonds is 8. The maximum atomic E-state index is 5.45. The molecule has 0 saturated carbocycles. The zero-order chi connectivity index (χ0) is 14.0. The molecule has 112 valence electrons. The summed E-state index contributed by atoms with van der Waals surface area (Å²) in [6.45, 7) is 8.65. The minimum atomic E-state index is 0.730. The fraction of sp³-hybridized carbons (Fsp3) is 0.647. The van der Waals surface area contributed by atoms with Gasteiger partial charge in [0.05, 0.1) is 6.61 Å². The molecule has 0 atom stereocenters. The summed E-state index contributed by atoms with van der Waals surface area (Å²) in [5.74, 6) is 0.960. The number of nitrogens with one attached hydrogen (secondary N) is 1. The molecule has 3 nitrogen and oxygen atoms in total. The largest absolute Gasteiger partial charge is 0.494 e. The van der Waals surface area contributed by atoms with E-state index >= 15 is 0 Å². The van der Waals surface area contributed by atoms with Gasteiger partial charge in [0.2, 0.25) is 0 Å². The molecule has 1 saturated heterocycles. The lowest BCUT2D eigenvalue weighted by atomic mass is 10.1. The van der Waals surface area contributed by atoms with Crippen LogP contribution in [0.5, 0.6) is 5.75 Å². The molecule has 3 heteroatoms. The van der Waals surface area contributed by atoms with E-state index in [2.05, 4.69) is 22.3 Å². The third-order valence-corrected chi connectivity index (χ3v) is 3.84. The Kier molecular flexibility index (Phi) is 6.89. The molecular weight excluding hydrogens is 248 g/mol. The molecule has 0 aliphatic carbocycles. The fourth-order valence-corrected chi connectivity index (χ4v) is 2.71. The average molecular weight is 276 g/mol. The number of piperidine rings is 1. The molecule has 0 bridgehead atoms. The summed E-state index contributed by atoms with van der Waals surface area (Å²) in [7, 11) is 0. The predicted octanol–water partition coefficient (Wildman–Crippen LogP) is 3.05.